The lowest BCUT2D eigenvalue weighted by Crippen LogP contribution is -2.55. The van der Waals surface area contributed by atoms with Gasteiger partial charge in [-0.1, -0.05) is 11.3 Å². The summed E-state index contributed by atoms with van der Waals surface area (Å²) in [6.45, 7) is 5.06. The SMILES string of the molecule is CCN(C(=O)NCc1csc(=O)[nH]1)C(C)(C)C(=O)O. The van der Waals surface area contributed by atoms with E-state index in [-0.39, 0.29) is 18.0 Å². The number of thiazole rings is 1. The van der Waals surface area contributed by atoms with E-state index in [2.05, 4.69) is 10.3 Å². The van der Waals surface area contributed by atoms with Gasteiger partial charge in [0, 0.05) is 17.6 Å². The van der Waals surface area contributed by atoms with Crippen molar-refractivity contribution >= 4 is 23.3 Å². The quantitative estimate of drug-likeness (QED) is 0.746. The second-order valence-corrected chi connectivity index (χ2v) is 5.28. The molecule has 0 saturated carbocycles. The van der Waals surface area contributed by atoms with Crippen molar-refractivity contribution in [1.29, 1.82) is 0 Å². The number of nitrogens with one attached hydrogen (secondary N) is 2. The minimum Gasteiger partial charge on any atom is -0.480 e. The van der Waals surface area contributed by atoms with Crippen LogP contribution in [0.4, 0.5) is 4.79 Å². The van der Waals surface area contributed by atoms with Crippen LogP contribution in [0.15, 0.2) is 10.2 Å². The number of carbonyl (C=O) groups is 2. The maximum Gasteiger partial charge on any atom is 0.329 e. The first-order chi connectivity index (χ1) is 8.78. The topological polar surface area (TPSA) is 103 Å². The predicted octanol–water partition coefficient (Wildman–Crippen LogP) is 0.831. The molecule has 0 atom stereocenters. The van der Waals surface area contributed by atoms with Gasteiger partial charge in [0.2, 0.25) is 0 Å². The van der Waals surface area contributed by atoms with Crippen LogP contribution in [0.2, 0.25) is 0 Å². The Morgan fingerprint density at radius 3 is 2.58 bits per heavy atom. The number of carboxylic acids is 1. The van der Waals surface area contributed by atoms with Crippen molar-refractivity contribution < 1.29 is 14.7 Å². The van der Waals surface area contributed by atoms with E-state index in [1.54, 1.807) is 12.3 Å². The average molecular weight is 287 g/mol. The third-order valence-corrected chi connectivity index (χ3v) is 3.48. The number of H-pyrrole nitrogens is 1. The minimum atomic E-state index is -1.29. The van der Waals surface area contributed by atoms with E-state index in [0.29, 0.717) is 5.69 Å². The van der Waals surface area contributed by atoms with E-state index in [1.165, 1.54) is 18.7 Å². The molecule has 0 radical (unpaired) electrons. The Morgan fingerprint density at radius 2 is 2.16 bits per heavy atom. The van der Waals surface area contributed by atoms with Crippen LogP contribution in [-0.2, 0) is 11.3 Å². The third kappa shape index (κ3) is 3.57. The van der Waals surface area contributed by atoms with Crippen molar-refractivity contribution in [2.45, 2.75) is 32.9 Å². The summed E-state index contributed by atoms with van der Waals surface area (Å²) in [5, 5.41) is 13.3. The van der Waals surface area contributed by atoms with Gasteiger partial charge in [-0.15, -0.1) is 0 Å². The van der Waals surface area contributed by atoms with Gasteiger partial charge >= 0.3 is 16.9 Å². The van der Waals surface area contributed by atoms with Crippen LogP contribution in [0, 0.1) is 0 Å². The number of aliphatic carboxylic acids is 1. The molecule has 7 nitrogen and oxygen atoms in total. The molecule has 1 aromatic heterocycles. The molecule has 8 heteroatoms. The lowest BCUT2D eigenvalue weighted by molar-refractivity contribution is -0.147. The number of rotatable bonds is 5. The maximum atomic E-state index is 12.0. The van der Waals surface area contributed by atoms with E-state index >= 15 is 0 Å². The highest BCUT2D eigenvalue weighted by Crippen LogP contribution is 2.14. The number of hydrogen-bond donors (Lipinski definition) is 3. The normalized spacial score (nSPS) is 11.1. The summed E-state index contributed by atoms with van der Waals surface area (Å²) in [6.07, 6.45) is 0. The monoisotopic (exact) mass is 287 g/mol. The molecule has 0 fully saturated rings. The fraction of sp³-hybridized carbons (Fsp3) is 0.545. The highest BCUT2D eigenvalue weighted by atomic mass is 32.1. The summed E-state index contributed by atoms with van der Waals surface area (Å²) >= 11 is 1.01. The van der Waals surface area contributed by atoms with Crippen molar-refractivity contribution in [3.05, 3.63) is 20.7 Å². The molecule has 0 aliphatic heterocycles. The van der Waals surface area contributed by atoms with Gasteiger partial charge in [-0.05, 0) is 20.8 Å². The number of urea groups is 1. The van der Waals surface area contributed by atoms with Crippen LogP contribution in [0.5, 0.6) is 0 Å². The Bertz CT molecular complexity index is 520. The molecule has 0 unspecified atom stereocenters. The van der Waals surface area contributed by atoms with Crippen LogP contribution in [-0.4, -0.2) is 39.1 Å². The highest BCUT2D eigenvalue weighted by Gasteiger charge is 2.36. The molecular formula is C11H17N3O4S. The first-order valence-corrected chi connectivity index (χ1v) is 6.62. The third-order valence-electron chi connectivity index (χ3n) is 2.76. The number of aromatic nitrogens is 1. The van der Waals surface area contributed by atoms with Crippen LogP contribution < -0.4 is 10.2 Å². The molecule has 0 aliphatic rings. The summed E-state index contributed by atoms with van der Waals surface area (Å²) in [6, 6.07) is -0.484. The van der Waals surface area contributed by atoms with Gasteiger partial charge in [0.05, 0.1) is 6.54 Å². The minimum absolute atomic E-state index is 0.157. The number of carbonyl (C=O) groups excluding carboxylic acids is 1. The largest absolute Gasteiger partial charge is 0.480 e. The van der Waals surface area contributed by atoms with Crippen LogP contribution in [0.3, 0.4) is 0 Å². The second-order valence-electron chi connectivity index (χ2n) is 4.44. The second kappa shape index (κ2) is 5.87. The lowest BCUT2D eigenvalue weighted by atomic mass is 10.0. The fourth-order valence-corrected chi connectivity index (χ4v) is 2.16. The van der Waals surface area contributed by atoms with Gasteiger partial charge in [-0.25, -0.2) is 9.59 Å². The molecule has 0 spiro atoms. The van der Waals surface area contributed by atoms with Gasteiger partial charge in [0.15, 0.2) is 0 Å². The Balaban J connectivity index is 2.70. The predicted molar refractivity (Wildman–Crippen MR) is 71.3 cm³/mol. The summed E-state index contributed by atoms with van der Waals surface area (Å²) in [4.78, 5) is 37.6. The molecule has 1 heterocycles. The van der Waals surface area contributed by atoms with Crippen molar-refractivity contribution in [1.82, 2.24) is 15.2 Å². The molecule has 2 amide bonds. The van der Waals surface area contributed by atoms with E-state index < -0.39 is 17.5 Å². The highest BCUT2D eigenvalue weighted by molar-refractivity contribution is 7.07. The number of aromatic amines is 1. The maximum absolute atomic E-state index is 12.0. The van der Waals surface area contributed by atoms with E-state index in [4.69, 9.17) is 5.11 Å². The molecule has 0 aliphatic carbocycles. The van der Waals surface area contributed by atoms with E-state index in [9.17, 15) is 14.4 Å². The molecule has 0 saturated heterocycles. The molecule has 3 N–H and O–H groups in total. The zero-order valence-corrected chi connectivity index (χ0v) is 11.8. The van der Waals surface area contributed by atoms with Crippen molar-refractivity contribution in [2.24, 2.45) is 0 Å². The molecule has 0 bridgehead atoms. The zero-order chi connectivity index (χ0) is 14.6. The lowest BCUT2D eigenvalue weighted by Gasteiger charge is -2.34. The summed E-state index contributed by atoms with van der Waals surface area (Å²) < 4.78 is 0. The standard InChI is InChI=1S/C11H17N3O4S/c1-4-14(11(2,3)8(15)16)9(17)12-5-7-6-19-10(18)13-7/h6H,4-5H2,1-3H3,(H,12,17)(H,13,18)(H,15,16). The molecule has 19 heavy (non-hydrogen) atoms. The van der Waals surface area contributed by atoms with Gasteiger partial charge in [-0.3, -0.25) is 4.79 Å². The number of nitrogens with zero attached hydrogens (tertiary/aromatic N) is 1. The number of carboxylic acid groups (broad SMARTS) is 1. The van der Waals surface area contributed by atoms with Crippen molar-refractivity contribution in [2.75, 3.05) is 6.54 Å². The number of amides is 2. The number of likely N-dealkylation sites (N-methyl/N-ethyl adjacent to an activating group) is 1. The van der Waals surface area contributed by atoms with Gasteiger partial charge in [0.25, 0.3) is 0 Å². The van der Waals surface area contributed by atoms with Crippen LogP contribution >= 0.6 is 11.3 Å². The first-order valence-electron chi connectivity index (χ1n) is 5.74. The number of hydrogen-bond acceptors (Lipinski definition) is 4. The Kier molecular flexibility index (Phi) is 4.71. The first kappa shape index (κ1) is 15.2. The van der Waals surface area contributed by atoms with E-state index in [0.717, 1.165) is 11.3 Å². The summed E-state index contributed by atoms with van der Waals surface area (Å²) in [5.74, 6) is -1.08. The van der Waals surface area contributed by atoms with Crippen molar-refractivity contribution in [3.63, 3.8) is 0 Å². The Hall–Kier alpha value is -1.83. The fourth-order valence-electron chi connectivity index (χ4n) is 1.58. The van der Waals surface area contributed by atoms with Crippen LogP contribution in [0.1, 0.15) is 26.5 Å². The van der Waals surface area contributed by atoms with E-state index in [1.807, 2.05) is 0 Å². The van der Waals surface area contributed by atoms with Crippen LogP contribution in [0.25, 0.3) is 0 Å². The van der Waals surface area contributed by atoms with Gasteiger partial charge < -0.3 is 20.3 Å². The Labute approximate surface area is 114 Å². The molecular weight excluding hydrogens is 270 g/mol. The smallest absolute Gasteiger partial charge is 0.329 e. The van der Waals surface area contributed by atoms with Crippen molar-refractivity contribution in [3.8, 4) is 0 Å². The zero-order valence-electron chi connectivity index (χ0n) is 11.0. The molecule has 0 aromatic carbocycles. The van der Waals surface area contributed by atoms with Gasteiger partial charge in [-0.2, -0.15) is 0 Å². The molecule has 106 valence electrons. The molecule has 1 rings (SSSR count). The Morgan fingerprint density at radius 1 is 1.53 bits per heavy atom. The van der Waals surface area contributed by atoms with Gasteiger partial charge in [0.1, 0.15) is 5.54 Å². The summed E-state index contributed by atoms with van der Waals surface area (Å²) in [5.41, 5.74) is -0.700. The average Bonchev–Trinajstić information content (AvgIpc) is 2.73. The molecule has 1 aromatic rings. The summed E-state index contributed by atoms with van der Waals surface area (Å²) in [7, 11) is 0.